The van der Waals surface area contributed by atoms with E-state index in [2.05, 4.69) is 50.3 Å². The van der Waals surface area contributed by atoms with Crippen molar-refractivity contribution in [1.29, 1.82) is 0 Å². The lowest BCUT2D eigenvalue weighted by Gasteiger charge is -2.34. The van der Waals surface area contributed by atoms with Gasteiger partial charge in [0.1, 0.15) is 12.6 Å². The van der Waals surface area contributed by atoms with Crippen LogP contribution in [0.1, 0.15) is 226 Å². The van der Waals surface area contributed by atoms with Crippen LogP contribution in [0.4, 0.5) is 0 Å². The van der Waals surface area contributed by atoms with E-state index in [9.17, 15) is 19.5 Å². The molecule has 2 unspecified atom stereocenters. The Kier molecular flexibility index (Phi) is 41.4. The van der Waals surface area contributed by atoms with E-state index in [1.165, 1.54) is 141 Å². The number of esters is 2. The Morgan fingerprint density at radius 2 is 0.883 bits per heavy atom. The molecule has 0 radical (unpaired) electrons. The largest absolute Gasteiger partial charge is 0.544 e. The Morgan fingerprint density at radius 3 is 1.32 bits per heavy atom. The third-order valence-electron chi connectivity index (χ3n) is 11.3. The molecule has 350 valence electrons. The lowest BCUT2D eigenvalue weighted by atomic mass is 10.1. The molecule has 0 aromatic carbocycles. The van der Waals surface area contributed by atoms with Crippen molar-refractivity contribution in [3.8, 4) is 0 Å². The van der Waals surface area contributed by atoms with Crippen LogP contribution in [0.15, 0.2) is 36.5 Å². The second kappa shape index (κ2) is 43.2. The molecule has 2 atom stereocenters. The molecule has 0 aliphatic heterocycles. The summed E-state index contributed by atoms with van der Waals surface area (Å²) in [5.41, 5.74) is 0. The first kappa shape index (κ1) is 57.5. The number of carbonyl (C=O) groups excluding carboxylic acids is 3. The molecule has 0 bridgehead atoms. The molecule has 0 aliphatic carbocycles. The zero-order chi connectivity index (χ0) is 44.2. The van der Waals surface area contributed by atoms with Crippen LogP contribution in [-0.4, -0.2) is 75.5 Å². The highest BCUT2D eigenvalue weighted by Gasteiger charge is 2.25. The van der Waals surface area contributed by atoms with E-state index in [0.29, 0.717) is 6.42 Å². The highest BCUT2D eigenvalue weighted by atomic mass is 16.6. The van der Waals surface area contributed by atoms with Crippen molar-refractivity contribution < 1.29 is 38.2 Å². The predicted molar refractivity (Wildman–Crippen MR) is 250 cm³/mol. The maximum Gasteiger partial charge on any atom is 0.306 e. The van der Waals surface area contributed by atoms with Crippen molar-refractivity contribution in [3.63, 3.8) is 0 Å². The van der Waals surface area contributed by atoms with Gasteiger partial charge in [-0.25, -0.2) is 0 Å². The van der Waals surface area contributed by atoms with E-state index >= 15 is 0 Å². The second-order valence-corrected chi connectivity index (χ2v) is 18.1. The third-order valence-corrected chi connectivity index (χ3v) is 11.3. The van der Waals surface area contributed by atoms with E-state index in [-0.39, 0.29) is 49.1 Å². The Hall–Kier alpha value is -2.45. The first-order valence-electron chi connectivity index (χ1n) is 25.0. The lowest BCUT2D eigenvalue weighted by molar-refractivity contribution is -0.889. The molecule has 0 aromatic heterocycles. The molecule has 0 aliphatic rings. The van der Waals surface area contributed by atoms with Gasteiger partial charge in [-0.3, -0.25) is 9.59 Å². The average molecular weight is 846 g/mol. The normalized spacial score (nSPS) is 13.2. The predicted octanol–water partition coefficient (Wildman–Crippen LogP) is 12.9. The standard InChI is InChI=1S/C52H95NO7/c1-6-8-10-12-14-16-18-20-22-24-25-26-27-29-30-32-34-36-38-40-42-50(54)59-47-48(46-58-45-44-49(52(56)57)53(3,4)5)60-51(55)43-41-39-37-35-33-31-28-23-21-19-17-15-13-11-9-7-2/h23,25-26,28,31,33,48-49H,6-22,24,27,29-30,32,34-47H2,1-5H3/b26-25+,28-23+,33-31+. The summed E-state index contributed by atoms with van der Waals surface area (Å²) in [6, 6.07) is -0.731. The number of allylic oxidation sites excluding steroid dienone is 6. The van der Waals surface area contributed by atoms with Gasteiger partial charge < -0.3 is 28.6 Å². The highest BCUT2D eigenvalue weighted by molar-refractivity contribution is 5.70. The summed E-state index contributed by atoms with van der Waals surface area (Å²) in [5.74, 6) is -1.77. The minimum atomic E-state index is -1.13. The van der Waals surface area contributed by atoms with Gasteiger partial charge in [0.2, 0.25) is 0 Å². The van der Waals surface area contributed by atoms with E-state index in [1.54, 1.807) is 21.1 Å². The number of unbranched alkanes of at least 4 members (excludes halogenated alkanes) is 26. The van der Waals surface area contributed by atoms with E-state index in [4.69, 9.17) is 14.2 Å². The van der Waals surface area contributed by atoms with Crippen molar-refractivity contribution in [2.75, 3.05) is 41.0 Å². The molecular formula is C52H95NO7. The Morgan fingerprint density at radius 1 is 0.500 bits per heavy atom. The molecule has 0 amide bonds. The minimum Gasteiger partial charge on any atom is -0.544 e. The van der Waals surface area contributed by atoms with E-state index < -0.39 is 18.1 Å². The van der Waals surface area contributed by atoms with Gasteiger partial charge in [-0.15, -0.1) is 0 Å². The zero-order valence-corrected chi connectivity index (χ0v) is 39.9. The summed E-state index contributed by atoms with van der Waals surface area (Å²) in [7, 11) is 5.40. The summed E-state index contributed by atoms with van der Waals surface area (Å²) in [6.45, 7) is 4.65. The molecule has 60 heavy (non-hydrogen) atoms. The van der Waals surface area contributed by atoms with Crippen molar-refractivity contribution >= 4 is 17.9 Å². The maximum atomic E-state index is 12.7. The molecule has 0 fully saturated rings. The Bertz CT molecular complexity index is 1080. The van der Waals surface area contributed by atoms with Gasteiger partial charge in [-0.05, 0) is 64.2 Å². The number of hydrogen-bond acceptors (Lipinski definition) is 7. The molecule has 0 N–H and O–H groups in total. The lowest BCUT2D eigenvalue weighted by Crippen LogP contribution is -2.55. The summed E-state index contributed by atoms with van der Waals surface area (Å²) in [5, 5.41) is 11.6. The first-order valence-corrected chi connectivity index (χ1v) is 25.0. The number of rotatable bonds is 45. The monoisotopic (exact) mass is 846 g/mol. The van der Waals surface area contributed by atoms with Gasteiger partial charge in [0.25, 0.3) is 0 Å². The number of likely N-dealkylation sites (N-methyl/N-ethyl adjacent to an activating group) is 1. The highest BCUT2D eigenvalue weighted by Crippen LogP contribution is 2.14. The Balaban J connectivity index is 4.29. The smallest absolute Gasteiger partial charge is 0.306 e. The van der Waals surface area contributed by atoms with Crippen LogP contribution >= 0.6 is 0 Å². The summed E-state index contributed by atoms with van der Waals surface area (Å²) in [4.78, 5) is 37.0. The van der Waals surface area contributed by atoms with Crippen LogP contribution in [0.5, 0.6) is 0 Å². The minimum absolute atomic E-state index is 0.0301. The van der Waals surface area contributed by atoms with Gasteiger partial charge in [0, 0.05) is 19.3 Å². The fourth-order valence-corrected chi connectivity index (χ4v) is 7.35. The number of ether oxygens (including phenoxy) is 3. The van der Waals surface area contributed by atoms with Gasteiger partial charge in [0.15, 0.2) is 6.10 Å². The molecule has 0 spiro atoms. The molecule has 8 heteroatoms. The summed E-state index contributed by atoms with van der Waals surface area (Å²) < 4.78 is 17.2. The molecule has 0 saturated carbocycles. The van der Waals surface area contributed by atoms with Crippen LogP contribution in [0.3, 0.4) is 0 Å². The molecule has 0 aromatic rings. The van der Waals surface area contributed by atoms with Crippen molar-refractivity contribution in [1.82, 2.24) is 0 Å². The summed E-state index contributed by atoms with van der Waals surface area (Å²) in [6.07, 6.45) is 50.3. The SMILES string of the molecule is CCCCCCCCC/C=C/C=C/CCCCCC(=O)OC(COCCC(C(=O)[O-])[N+](C)(C)C)COC(=O)CCCCCCCCC/C=C/CCCCCCCCCCC. The molecular weight excluding hydrogens is 751 g/mol. The molecule has 0 heterocycles. The van der Waals surface area contributed by atoms with Crippen molar-refractivity contribution in [2.24, 2.45) is 0 Å². The molecule has 8 nitrogen and oxygen atoms in total. The third kappa shape index (κ3) is 40.9. The van der Waals surface area contributed by atoms with Crippen LogP contribution in [0.2, 0.25) is 0 Å². The van der Waals surface area contributed by atoms with E-state index in [0.717, 1.165) is 51.4 Å². The molecule has 0 saturated heterocycles. The topological polar surface area (TPSA) is 102 Å². The fourth-order valence-electron chi connectivity index (χ4n) is 7.35. The van der Waals surface area contributed by atoms with Gasteiger partial charge in [-0.2, -0.15) is 0 Å². The van der Waals surface area contributed by atoms with Gasteiger partial charge >= 0.3 is 11.9 Å². The number of quaternary nitrogens is 1. The number of hydrogen-bond donors (Lipinski definition) is 0. The first-order chi connectivity index (χ1) is 29.1. The van der Waals surface area contributed by atoms with Crippen LogP contribution in [0.25, 0.3) is 0 Å². The van der Waals surface area contributed by atoms with Gasteiger partial charge in [0.05, 0.1) is 40.3 Å². The quantitative estimate of drug-likeness (QED) is 0.0198. The second-order valence-electron chi connectivity index (χ2n) is 18.1. The fraction of sp³-hybridized carbons (Fsp3) is 0.827. The number of carbonyl (C=O) groups is 3. The number of carboxylic acids is 1. The average Bonchev–Trinajstić information content (AvgIpc) is 3.21. The number of carboxylic acid groups (broad SMARTS) is 1. The van der Waals surface area contributed by atoms with E-state index in [1.807, 2.05) is 0 Å². The zero-order valence-electron chi connectivity index (χ0n) is 39.9. The maximum absolute atomic E-state index is 12.7. The van der Waals surface area contributed by atoms with Crippen LogP contribution in [0, 0.1) is 0 Å². The van der Waals surface area contributed by atoms with Crippen LogP contribution < -0.4 is 5.11 Å². The Labute approximate surface area is 370 Å². The summed E-state index contributed by atoms with van der Waals surface area (Å²) >= 11 is 0. The van der Waals surface area contributed by atoms with Gasteiger partial charge in [-0.1, -0.05) is 179 Å². The number of aliphatic carboxylic acids is 1. The van der Waals surface area contributed by atoms with Crippen molar-refractivity contribution in [2.45, 2.75) is 238 Å². The van der Waals surface area contributed by atoms with Crippen LogP contribution in [-0.2, 0) is 28.6 Å². The number of nitrogens with zero attached hydrogens (tertiary/aromatic N) is 1. The van der Waals surface area contributed by atoms with Crippen molar-refractivity contribution in [3.05, 3.63) is 36.5 Å². The molecule has 0 rings (SSSR count).